The lowest BCUT2D eigenvalue weighted by Gasteiger charge is -2.15. The fourth-order valence-corrected chi connectivity index (χ4v) is 1.14. The Morgan fingerprint density at radius 3 is 2.73 bits per heavy atom. The number of amides is 1. The van der Waals surface area contributed by atoms with Gasteiger partial charge in [0.25, 0.3) is 0 Å². The van der Waals surface area contributed by atoms with E-state index < -0.39 is 6.04 Å². The molecule has 0 aliphatic rings. The average Bonchev–Trinajstić information content (AvgIpc) is 2.20. The van der Waals surface area contributed by atoms with Crippen LogP contribution in [0, 0.1) is 12.8 Å². The smallest absolute Gasteiger partial charge is 0.241 e. The number of nitrogens with two attached hydrogens (primary N) is 1. The summed E-state index contributed by atoms with van der Waals surface area (Å²) < 4.78 is 0. The summed E-state index contributed by atoms with van der Waals surface area (Å²) in [6, 6.07) is 3.11. The lowest BCUT2D eigenvalue weighted by molar-refractivity contribution is -0.118. The highest BCUT2D eigenvalue weighted by atomic mass is 16.2. The average molecular weight is 207 g/mol. The maximum Gasteiger partial charge on any atom is 0.241 e. The molecule has 4 nitrogen and oxygen atoms in total. The standard InChI is InChI=1S/C11H17N3O/c1-7(2)10(12)11(15)14-9-5-4-6-13-8(9)3/h4-7,10H,12H2,1-3H3,(H,14,15)/t10-/m0/s1. The molecule has 1 rings (SSSR count). The Morgan fingerprint density at radius 1 is 1.53 bits per heavy atom. The maximum atomic E-state index is 11.6. The Bertz CT molecular complexity index is 349. The predicted molar refractivity (Wildman–Crippen MR) is 60.4 cm³/mol. The third kappa shape index (κ3) is 3.02. The molecule has 0 aliphatic carbocycles. The van der Waals surface area contributed by atoms with Crippen LogP contribution in [0.4, 0.5) is 5.69 Å². The third-order valence-corrected chi connectivity index (χ3v) is 2.29. The first kappa shape index (κ1) is 11.7. The van der Waals surface area contributed by atoms with Crippen molar-refractivity contribution in [3.8, 4) is 0 Å². The molecule has 0 saturated carbocycles. The van der Waals surface area contributed by atoms with Crippen molar-refractivity contribution in [1.82, 2.24) is 4.98 Å². The fraction of sp³-hybridized carbons (Fsp3) is 0.455. The van der Waals surface area contributed by atoms with Gasteiger partial charge in [-0.2, -0.15) is 0 Å². The molecule has 1 aromatic rings. The van der Waals surface area contributed by atoms with Crippen LogP contribution in [0.25, 0.3) is 0 Å². The summed E-state index contributed by atoms with van der Waals surface area (Å²) in [6.45, 7) is 5.68. The summed E-state index contributed by atoms with van der Waals surface area (Å²) in [6.07, 6.45) is 1.69. The highest BCUT2D eigenvalue weighted by Crippen LogP contribution is 2.11. The number of hydrogen-bond donors (Lipinski definition) is 2. The molecule has 0 fully saturated rings. The van der Waals surface area contributed by atoms with E-state index in [0.29, 0.717) is 0 Å². The molecule has 1 atom stereocenters. The molecule has 0 unspecified atom stereocenters. The molecular weight excluding hydrogens is 190 g/mol. The molecule has 0 aromatic carbocycles. The van der Waals surface area contributed by atoms with Crippen LogP contribution in [0.2, 0.25) is 0 Å². The van der Waals surface area contributed by atoms with Crippen molar-refractivity contribution >= 4 is 11.6 Å². The summed E-state index contributed by atoms with van der Waals surface area (Å²) in [5.41, 5.74) is 7.24. The Balaban J connectivity index is 2.71. The SMILES string of the molecule is Cc1ncccc1NC(=O)[C@@H](N)C(C)C. The summed E-state index contributed by atoms with van der Waals surface area (Å²) in [4.78, 5) is 15.7. The van der Waals surface area contributed by atoms with Crippen molar-refractivity contribution < 1.29 is 4.79 Å². The van der Waals surface area contributed by atoms with Crippen LogP contribution in [0.1, 0.15) is 19.5 Å². The van der Waals surface area contributed by atoms with Crippen molar-refractivity contribution in [2.75, 3.05) is 5.32 Å². The van der Waals surface area contributed by atoms with Crippen LogP contribution in [-0.2, 0) is 4.79 Å². The number of nitrogens with zero attached hydrogens (tertiary/aromatic N) is 1. The van der Waals surface area contributed by atoms with Gasteiger partial charge in [0.1, 0.15) is 0 Å². The summed E-state index contributed by atoms with van der Waals surface area (Å²) >= 11 is 0. The summed E-state index contributed by atoms with van der Waals surface area (Å²) in [7, 11) is 0. The Hall–Kier alpha value is -1.42. The van der Waals surface area contributed by atoms with Gasteiger partial charge in [-0.05, 0) is 25.0 Å². The Kier molecular flexibility index (Phi) is 3.80. The minimum Gasteiger partial charge on any atom is -0.323 e. The van der Waals surface area contributed by atoms with Gasteiger partial charge in [0.2, 0.25) is 5.91 Å². The van der Waals surface area contributed by atoms with Gasteiger partial charge in [0.15, 0.2) is 0 Å². The largest absolute Gasteiger partial charge is 0.323 e. The second kappa shape index (κ2) is 4.89. The van der Waals surface area contributed by atoms with E-state index in [1.807, 2.05) is 26.8 Å². The number of carbonyl (C=O) groups is 1. The molecule has 1 amide bonds. The number of hydrogen-bond acceptors (Lipinski definition) is 3. The summed E-state index contributed by atoms with van der Waals surface area (Å²) in [5, 5.41) is 2.76. The van der Waals surface area contributed by atoms with E-state index in [4.69, 9.17) is 5.73 Å². The second-order valence-electron chi connectivity index (χ2n) is 3.90. The first-order chi connectivity index (χ1) is 7.02. The lowest BCUT2D eigenvalue weighted by atomic mass is 10.0. The monoisotopic (exact) mass is 207 g/mol. The molecule has 4 heteroatoms. The van der Waals surface area contributed by atoms with Crippen LogP contribution in [0.15, 0.2) is 18.3 Å². The number of aromatic nitrogens is 1. The maximum absolute atomic E-state index is 11.6. The van der Waals surface area contributed by atoms with Gasteiger partial charge in [0, 0.05) is 6.20 Å². The summed E-state index contributed by atoms with van der Waals surface area (Å²) in [5.74, 6) is -0.0388. The molecule has 0 spiro atoms. The zero-order valence-electron chi connectivity index (χ0n) is 9.32. The van der Waals surface area contributed by atoms with E-state index in [2.05, 4.69) is 10.3 Å². The minimum absolute atomic E-state index is 0.127. The van der Waals surface area contributed by atoms with E-state index in [1.54, 1.807) is 12.3 Å². The van der Waals surface area contributed by atoms with E-state index in [1.165, 1.54) is 0 Å². The van der Waals surface area contributed by atoms with Gasteiger partial charge in [-0.25, -0.2) is 0 Å². The predicted octanol–water partition coefficient (Wildman–Crippen LogP) is 1.31. The zero-order valence-corrected chi connectivity index (χ0v) is 9.32. The topological polar surface area (TPSA) is 68.0 Å². The van der Waals surface area contributed by atoms with E-state index in [-0.39, 0.29) is 11.8 Å². The molecule has 3 N–H and O–H groups in total. The van der Waals surface area contributed by atoms with Gasteiger partial charge >= 0.3 is 0 Å². The van der Waals surface area contributed by atoms with E-state index >= 15 is 0 Å². The highest BCUT2D eigenvalue weighted by Gasteiger charge is 2.17. The molecular formula is C11H17N3O. The second-order valence-corrected chi connectivity index (χ2v) is 3.90. The molecule has 1 aromatic heterocycles. The molecule has 0 saturated heterocycles. The number of nitrogens with one attached hydrogen (secondary N) is 1. The van der Waals surface area contributed by atoms with Crippen molar-refractivity contribution in [1.29, 1.82) is 0 Å². The molecule has 0 bridgehead atoms. The number of anilines is 1. The van der Waals surface area contributed by atoms with Crippen LogP contribution in [0.3, 0.4) is 0 Å². The van der Waals surface area contributed by atoms with Crippen LogP contribution < -0.4 is 11.1 Å². The number of carbonyl (C=O) groups excluding carboxylic acids is 1. The van der Waals surface area contributed by atoms with Crippen LogP contribution in [-0.4, -0.2) is 16.9 Å². The van der Waals surface area contributed by atoms with Crippen LogP contribution >= 0.6 is 0 Å². The van der Waals surface area contributed by atoms with E-state index in [9.17, 15) is 4.79 Å². The molecule has 1 heterocycles. The van der Waals surface area contributed by atoms with Gasteiger partial charge in [-0.15, -0.1) is 0 Å². The van der Waals surface area contributed by atoms with Crippen molar-refractivity contribution in [3.05, 3.63) is 24.0 Å². The molecule has 0 radical (unpaired) electrons. The van der Waals surface area contributed by atoms with Crippen molar-refractivity contribution in [2.45, 2.75) is 26.8 Å². The number of aryl methyl sites for hydroxylation is 1. The third-order valence-electron chi connectivity index (χ3n) is 2.29. The van der Waals surface area contributed by atoms with Crippen molar-refractivity contribution in [3.63, 3.8) is 0 Å². The van der Waals surface area contributed by atoms with E-state index in [0.717, 1.165) is 11.4 Å². The molecule has 82 valence electrons. The normalized spacial score (nSPS) is 12.6. The Labute approximate surface area is 89.9 Å². The number of pyridine rings is 1. The van der Waals surface area contributed by atoms with Crippen molar-refractivity contribution in [2.24, 2.45) is 11.7 Å². The molecule has 15 heavy (non-hydrogen) atoms. The minimum atomic E-state index is -0.482. The lowest BCUT2D eigenvalue weighted by Crippen LogP contribution is -2.39. The number of rotatable bonds is 3. The molecule has 0 aliphatic heterocycles. The highest BCUT2D eigenvalue weighted by molar-refractivity contribution is 5.95. The van der Waals surface area contributed by atoms with Gasteiger partial charge in [-0.1, -0.05) is 13.8 Å². The zero-order chi connectivity index (χ0) is 11.4. The van der Waals surface area contributed by atoms with Gasteiger partial charge < -0.3 is 11.1 Å². The first-order valence-corrected chi connectivity index (χ1v) is 5.00. The van der Waals surface area contributed by atoms with Gasteiger partial charge in [-0.3, -0.25) is 9.78 Å². The van der Waals surface area contributed by atoms with Gasteiger partial charge in [0.05, 0.1) is 17.4 Å². The first-order valence-electron chi connectivity index (χ1n) is 5.00. The Morgan fingerprint density at radius 2 is 2.20 bits per heavy atom. The fourth-order valence-electron chi connectivity index (χ4n) is 1.14. The quantitative estimate of drug-likeness (QED) is 0.785. The van der Waals surface area contributed by atoms with Crippen LogP contribution in [0.5, 0.6) is 0 Å².